The van der Waals surface area contributed by atoms with Crippen LogP contribution in [0.15, 0.2) is 48.7 Å². The first kappa shape index (κ1) is 21.1. The molecule has 168 valence electrons. The maximum atomic E-state index is 12.8. The molecule has 1 saturated heterocycles. The first-order valence-corrected chi connectivity index (χ1v) is 11.1. The number of hydrogen-bond acceptors (Lipinski definition) is 4. The van der Waals surface area contributed by atoms with Gasteiger partial charge in [0.25, 0.3) is 0 Å². The summed E-state index contributed by atoms with van der Waals surface area (Å²) in [5, 5.41) is 8.72. The van der Waals surface area contributed by atoms with Gasteiger partial charge in [0.2, 0.25) is 0 Å². The number of aromatic nitrogens is 4. The van der Waals surface area contributed by atoms with Gasteiger partial charge < -0.3 is 9.47 Å². The van der Waals surface area contributed by atoms with Crippen molar-refractivity contribution < 1.29 is 13.2 Å². The number of pyridine rings is 1. The second-order valence-corrected chi connectivity index (χ2v) is 9.04. The minimum atomic E-state index is -4.38. The minimum Gasteiger partial charge on any atom is -0.314 e. The number of rotatable bonds is 7. The van der Waals surface area contributed by atoms with Crippen molar-refractivity contribution in [2.45, 2.75) is 37.3 Å². The molecule has 5 nitrogen and oxygen atoms in total. The fourth-order valence-corrected chi connectivity index (χ4v) is 5.10. The molecule has 32 heavy (non-hydrogen) atoms. The zero-order valence-corrected chi connectivity index (χ0v) is 18.0. The van der Waals surface area contributed by atoms with Crippen LogP contribution in [0.25, 0.3) is 11.4 Å². The van der Waals surface area contributed by atoms with Gasteiger partial charge in [-0.15, -0.1) is 10.2 Å². The van der Waals surface area contributed by atoms with Crippen LogP contribution in [0.3, 0.4) is 0 Å². The number of halogens is 3. The average molecular weight is 442 g/mol. The van der Waals surface area contributed by atoms with E-state index in [1.54, 1.807) is 6.07 Å². The molecule has 1 aromatic carbocycles. The van der Waals surface area contributed by atoms with Gasteiger partial charge in [-0.3, -0.25) is 4.98 Å². The highest BCUT2D eigenvalue weighted by Gasteiger charge is 2.60. The Hall–Kier alpha value is -2.74. The van der Waals surface area contributed by atoms with E-state index in [2.05, 4.69) is 24.6 Å². The molecule has 0 spiro atoms. The van der Waals surface area contributed by atoms with Crippen LogP contribution in [0.1, 0.15) is 36.3 Å². The van der Waals surface area contributed by atoms with Gasteiger partial charge in [0.15, 0.2) is 5.82 Å². The van der Waals surface area contributed by atoms with Gasteiger partial charge in [0.05, 0.1) is 0 Å². The maximum Gasteiger partial charge on any atom is 0.433 e. The third kappa shape index (κ3) is 3.92. The number of aryl methyl sites for hydroxylation is 1. The van der Waals surface area contributed by atoms with Gasteiger partial charge in [0.1, 0.15) is 11.5 Å². The summed E-state index contributed by atoms with van der Waals surface area (Å²) < 4.78 is 40.4. The van der Waals surface area contributed by atoms with Crippen LogP contribution < -0.4 is 0 Å². The molecule has 2 aromatic heterocycles. The van der Waals surface area contributed by atoms with E-state index < -0.39 is 11.9 Å². The van der Waals surface area contributed by atoms with Crippen LogP contribution in [0, 0.1) is 5.92 Å². The van der Waals surface area contributed by atoms with Gasteiger partial charge >= 0.3 is 6.18 Å². The summed E-state index contributed by atoms with van der Waals surface area (Å²) in [7, 11) is 2.01. The van der Waals surface area contributed by atoms with Crippen molar-refractivity contribution in [3.63, 3.8) is 0 Å². The lowest BCUT2D eigenvalue weighted by Gasteiger charge is -2.21. The zero-order chi connectivity index (χ0) is 22.3. The van der Waals surface area contributed by atoms with Crippen molar-refractivity contribution in [2.75, 3.05) is 19.6 Å². The number of benzene rings is 1. The average Bonchev–Trinajstić information content (AvgIpc) is 3.16. The predicted octanol–water partition coefficient (Wildman–Crippen LogP) is 4.49. The molecule has 1 saturated carbocycles. The number of piperidine rings is 1. The van der Waals surface area contributed by atoms with Crippen molar-refractivity contribution in [1.82, 2.24) is 24.6 Å². The predicted molar refractivity (Wildman–Crippen MR) is 115 cm³/mol. The van der Waals surface area contributed by atoms with Crippen LogP contribution in [0.5, 0.6) is 0 Å². The molecular formula is C24H26F3N5. The van der Waals surface area contributed by atoms with E-state index >= 15 is 0 Å². The fraction of sp³-hybridized carbons (Fsp3) is 0.458. The minimum absolute atomic E-state index is 0.00527. The van der Waals surface area contributed by atoms with E-state index in [0.717, 1.165) is 74.2 Å². The fourth-order valence-electron chi connectivity index (χ4n) is 5.10. The summed E-state index contributed by atoms with van der Waals surface area (Å²) in [5.74, 6) is 2.40. The normalized spacial score (nSPS) is 22.8. The van der Waals surface area contributed by atoms with Crippen molar-refractivity contribution in [3.8, 4) is 11.4 Å². The molecule has 1 aliphatic heterocycles. The Kier molecular flexibility index (Phi) is 5.28. The van der Waals surface area contributed by atoms with Crippen LogP contribution >= 0.6 is 0 Å². The Balaban J connectivity index is 1.12. The molecule has 8 heteroatoms. The van der Waals surface area contributed by atoms with E-state index in [0.29, 0.717) is 5.92 Å². The lowest BCUT2D eigenvalue weighted by molar-refractivity contribution is -0.141. The number of hydrogen-bond donors (Lipinski definition) is 0. The third-order valence-corrected chi connectivity index (χ3v) is 6.97. The molecule has 2 fully saturated rings. The first-order chi connectivity index (χ1) is 15.4. The van der Waals surface area contributed by atoms with Crippen LogP contribution in [0.4, 0.5) is 13.2 Å². The molecule has 2 aliphatic rings. The number of unbranched alkanes of at least 4 members (excludes halogenated alkanes) is 1. The Morgan fingerprint density at radius 3 is 2.59 bits per heavy atom. The Morgan fingerprint density at radius 1 is 1.06 bits per heavy atom. The van der Waals surface area contributed by atoms with Crippen LogP contribution in [-0.4, -0.2) is 44.3 Å². The van der Waals surface area contributed by atoms with E-state index in [4.69, 9.17) is 0 Å². The summed E-state index contributed by atoms with van der Waals surface area (Å²) in [6.45, 7) is 2.92. The molecule has 3 heterocycles. The molecular weight excluding hydrogens is 415 g/mol. The van der Waals surface area contributed by atoms with Gasteiger partial charge in [0, 0.05) is 43.7 Å². The molecule has 0 radical (unpaired) electrons. The van der Waals surface area contributed by atoms with Gasteiger partial charge in [-0.2, -0.15) is 13.2 Å². The summed E-state index contributed by atoms with van der Waals surface area (Å²) in [5.41, 5.74) is 1.20. The summed E-state index contributed by atoms with van der Waals surface area (Å²) in [6, 6.07) is 12.8. The molecule has 0 bridgehead atoms. The van der Waals surface area contributed by atoms with Crippen molar-refractivity contribution in [2.24, 2.45) is 13.0 Å². The molecule has 2 atom stereocenters. The zero-order valence-electron chi connectivity index (χ0n) is 18.0. The highest BCUT2D eigenvalue weighted by atomic mass is 19.4. The Labute approximate surface area is 185 Å². The van der Waals surface area contributed by atoms with Crippen LogP contribution in [-0.2, 0) is 25.1 Å². The smallest absolute Gasteiger partial charge is 0.314 e. The van der Waals surface area contributed by atoms with E-state index in [1.807, 2.05) is 37.4 Å². The molecule has 0 unspecified atom stereocenters. The van der Waals surface area contributed by atoms with E-state index in [-0.39, 0.29) is 5.41 Å². The summed E-state index contributed by atoms with van der Waals surface area (Å²) >= 11 is 0. The Bertz CT molecular complexity index is 1080. The Morgan fingerprint density at radius 2 is 1.88 bits per heavy atom. The molecule has 5 rings (SSSR count). The standard InChI is InChI=1S/C24H26F3N5/c1-31-21(29-30-22(31)17-7-3-2-4-8-17)9-5-6-12-32-15-19-13-23(19,16-32)18-10-11-20(28-14-18)24(25,26)27/h2-4,7-8,10-11,14,19H,5-6,9,12-13,15-16H2,1H3/t19-,23+/m0/s1. The number of fused-ring (bicyclic) bond motifs is 1. The van der Waals surface area contributed by atoms with Crippen molar-refractivity contribution in [1.29, 1.82) is 0 Å². The van der Waals surface area contributed by atoms with E-state index in [9.17, 15) is 13.2 Å². The van der Waals surface area contributed by atoms with Gasteiger partial charge in [-0.25, -0.2) is 0 Å². The molecule has 0 amide bonds. The third-order valence-electron chi connectivity index (χ3n) is 6.97. The summed E-state index contributed by atoms with van der Waals surface area (Å²) in [6.07, 6.45) is 1.06. The second-order valence-electron chi connectivity index (χ2n) is 9.04. The van der Waals surface area contributed by atoms with Crippen molar-refractivity contribution >= 4 is 0 Å². The molecule has 1 aliphatic carbocycles. The largest absolute Gasteiger partial charge is 0.433 e. The molecule has 0 N–H and O–H groups in total. The number of nitrogens with zero attached hydrogens (tertiary/aromatic N) is 5. The highest BCUT2D eigenvalue weighted by Crippen LogP contribution is 2.58. The quantitative estimate of drug-likeness (QED) is 0.507. The lowest BCUT2D eigenvalue weighted by Crippen LogP contribution is -2.27. The van der Waals surface area contributed by atoms with Crippen LogP contribution in [0.2, 0.25) is 0 Å². The first-order valence-electron chi connectivity index (χ1n) is 11.1. The lowest BCUT2D eigenvalue weighted by atomic mass is 9.96. The van der Waals surface area contributed by atoms with Gasteiger partial charge in [-0.1, -0.05) is 36.4 Å². The van der Waals surface area contributed by atoms with Crippen molar-refractivity contribution in [3.05, 3.63) is 65.7 Å². The SMILES string of the molecule is Cn1c(CCCCN2C[C@@H]3C[C@]3(c3ccc(C(F)(F)F)nc3)C2)nnc1-c1ccccc1. The second kappa shape index (κ2) is 7.99. The molecule has 3 aromatic rings. The summed E-state index contributed by atoms with van der Waals surface area (Å²) in [4.78, 5) is 6.12. The highest BCUT2D eigenvalue weighted by molar-refractivity contribution is 5.54. The monoisotopic (exact) mass is 441 g/mol. The topological polar surface area (TPSA) is 46.8 Å². The number of likely N-dealkylation sites (tertiary alicyclic amines) is 1. The van der Waals surface area contributed by atoms with E-state index in [1.165, 1.54) is 6.20 Å². The number of alkyl halides is 3. The van der Waals surface area contributed by atoms with Gasteiger partial charge in [-0.05, 0) is 43.4 Å². The maximum absolute atomic E-state index is 12.8.